The molecule has 24 heavy (non-hydrogen) atoms. The Hall–Kier alpha value is -2.33. The lowest BCUT2D eigenvalue weighted by molar-refractivity contribution is -0.143. The van der Waals surface area contributed by atoms with E-state index in [1.165, 1.54) is 16.7 Å². The van der Waals surface area contributed by atoms with E-state index in [2.05, 4.69) is 36.4 Å². The second kappa shape index (κ2) is 7.49. The van der Waals surface area contributed by atoms with E-state index in [1.807, 2.05) is 12.1 Å². The van der Waals surface area contributed by atoms with Crippen LogP contribution in [0.2, 0.25) is 0 Å². The van der Waals surface area contributed by atoms with Gasteiger partial charge in [0.25, 0.3) is 0 Å². The molecule has 0 bridgehead atoms. The van der Waals surface area contributed by atoms with Crippen molar-refractivity contribution < 1.29 is 14.3 Å². The van der Waals surface area contributed by atoms with E-state index in [9.17, 15) is 4.79 Å². The molecule has 0 radical (unpaired) electrons. The monoisotopic (exact) mass is 325 g/mol. The van der Waals surface area contributed by atoms with Crippen molar-refractivity contribution in [3.63, 3.8) is 0 Å². The lowest BCUT2D eigenvalue weighted by Crippen LogP contribution is -2.28. The van der Waals surface area contributed by atoms with Gasteiger partial charge in [0.05, 0.1) is 20.3 Å². The molecule has 0 aliphatic heterocycles. The zero-order valence-corrected chi connectivity index (χ0v) is 13.9. The number of hydrogen-bond acceptors (Lipinski definition) is 4. The number of nitrogens with two attached hydrogens (primary N) is 1. The molecule has 0 saturated heterocycles. The van der Waals surface area contributed by atoms with Crippen molar-refractivity contribution in [3.8, 4) is 5.75 Å². The van der Waals surface area contributed by atoms with Crippen LogP contribution in [-0.4, -0.2) is 26.2 Å². The Bertz CT molecular complexity index is 699. The third-order valence-corrected chi connectivity index (χ3v) is 4.72. The van der Waals surface area contributed by atoms with Gasteiger partial charge >= 0.3 is 5.97 Å². The van der Waals surface area contributed by atoms with E-state index >= 15 is 0 Å². The highest BCUT2D eigenvalue weighted by molar-refractivity contribution is 5.71. The summed E-state index contributed by atoms with van der Waals surface area (Å²) >= 11 is 0. The largest absolute Gasteiger partial charge is 0.497 e. The lowest BCUT2D eigenvalue weighted by atomic mass is 9.72. The van der Waals surface area contributed by atoms with Crippen molar-refractivity contribution >= 4 is 5.97 Å². The quantitative estimate of drug-likeness (QED) is 0.859. The number of benzene rings is 2. The highest BCUT2D eigenvalue weighted by Crippen LogP contribution is 2.42. The van der Waals surface area contributed by atoms with Gasteiger partial charge in [-0.15, -0.1) is 0 Å². The van der Waals surface area contributed by atoms with Crippen molar-refractivity contribution in [2.24, 2.45) is 11.7 Å². The number of rotatable bonds is 5. The average Bonchev–Trinajstić information content (AvgIpc) is 2.65. The molecule has 0 saturated carbocycles. The maximum atomic E-state index is 11.5. The van der Waals surface area contributed by atoms with Crippen LogP contribution >= 0.6 is 0 Å². The summed E-state index contributed by atoms with van der Waals surface area (Å²) < 4.78 is 10.7. The molecule has 4 heteroatoms. The molecule has 2 atom stereocenters. The molecule has 2 N–H and O–H groups in total. The van der Waals surface area contributed by atoms with E-state index in [-0.39, 0.29) is 24.3 Å². The first kappa shape index (κ1) is 16.5. The standard InChI is InChI=1S/C20H23NO3/c1-23-17-9-10-18-15(11-17)7-8-16(13-24-19(22)12-21)20(18)14-5-3-2-4-6-14/h2-6,9-11,16,20H,7-8,12-13,21H2,1H3. The number of carbonyl (C=O) groups is 1. The van der Waals surface area contributed by atoms with Gasteiger partial charge in [0.2, 0.25) is 0 Å². The molecular formula is C20H23NO3. The van der Waals surface area contributed by atoms with E-state index in [1.54, 1.807) is 7.11 Å². The maximum absolute atomic E-state index is 11.5. The molecule has 3 rings (SSSR count). The number of hydrogen-bond donors (Lipinski definition) is 1. The number of fused-ring (bicyclic) bond motifs is 1. The molecule has 0 aromatic heterocycles. The number of ether oxygens (including phenoxy) is 2. The first-order valence-corrected chi connectivity index (χ1v) is 8.30. The Labute approximate surface area is 142 Å². The van der Waals surface area contributed by atoms with Gasteiger partial charge in [0.1, 0.15) is 5.75 Å². The van der Waals surface area contributed by atoms with Gasteiger partial charge in [-0.05, 0) is 41.7 Å². The average molecular weight is 325 g/mol. The third-order valence-electron chi connectivity index (χ3n) is 4.72. The zero-order chi connectivity index (χ0) is 16.9. The van der Waals surface area contributed by atoms with Gasteiger partial charge in [-0.2, -0.15) is 0 Å². The zero-order valence-electron chi connectivity index (χ0n) is 13.9. The Morgan fingerprint density at radius 3 is 2.71 bits per heavy atom. The second-order valence-corrected chi connectivity index (χ2v) is 6.14. The number of methoxy groups -OCH3 is 1. The van der Waals surface area contributed by atoms with Crippen LogP contribution in [0.4, 0.5) is 0 Å². The van der Waals surface area contributed by atoms with E-state index < -0.39 is 0 Å². The number of esters is 1. The van der Waals surface area contributed by atoms with Crippen LogP contribution in [0.3, 0.4) is 0 Å². The first-order chi connectivity index (χ1) is 11.7. The maximum Gasteiger partial charge on any atom is 0.319 e. The number of carbonyl (C=O) groups excluding carboxylic acids is 1. The van der Waals surface area contributed by atoms with E-state index in [0.29, 0.717) is 6.61 Å². The fourth-order valence-corrected chi connectivity index (χ4v) is 3.54. The Morgan fingerprint density at radius 1 is 1.21 bits per heavy atom. The minimum absolute atomic E-state index is 0.0729. The van der Waals surface area contributed by atoms with Crippen molar-refractivity contribution in [1.82, 2.24) is 0 Å². The fraction of sp³-hybridized carbons (Fsp3) is 0.350. The van der Waals surface area contributed by atoms with Crippen LogP contribution in [0.5, 0.6) is 5.75 Å². The van der Waals surface area contributed by atoms with Crippen molar-refractivity contribution in [1.29, 1.82) is 0 Å². The molecule has 4 nitrogen and oxygen atoms in total. The summed E-state index contributed by atoms with van der Waals surface area (Å²) in [6.07, 6.45) is 1.93. The minimum Gasteiger partial charge on any atom is -0.497 e. The van der Waals surface area contributed by atoms with Crippen LogP contribution in [0, 0.1) is 5.92 Å². The van der Waals surface area contributed by atoms with Crippen molar-refractivity contribution in [2.45, 2.75) is 18.8 Å². The van der Waals surface area contributed by atoms with Crippen molar-refractivity contribution in [3.05, 3.63) is 65.2 Å². The second-order valence-electron chi connectivity index (χ2n) is 6.14. The summed E-state index contributed by atoms with van der Waals surface area (Å²) in [5.74, 6) is 1.01. The van der Waals surface area contributed by atoms with Gasteiger partial charge in [0, 0.05) is 11.8 Å². The molecule has 126 valence electrons. The molecular weight excluding hydrogens is 302 g/mol. The van der Waals surface area contributed by atoms with E-state index in [4.69, 9.17) is 15.2 Å². The molecule has 2 aromatic rings. The van der Waals surface area contributed by atoms with Crippen LogP contribution < -0.4 is 10.5 Å². The molecule has 0 amide bonds. The Kier molecular flexibility index (Phi) is 5.16. The molecule has 0 spiro atoms. The van der Waals surface area contributed by atoms with Gasteiger partial charge in [0.15, 0.2) is 0 Å². The summed E-state index contributed by atoms with van der Waals surface area (Å²) in [4.78, 5) is 11.5. The highest BCUT2D eigenvalue weighted by Gasteiger charge is 2.31. The van der Waals surface area contributed by atoms with Gasteiger partial charge < -0.3 is 15.2 Å². The number of aryl methyl sites for hydroxylation is 1. The summed E-state index contributed by atoms with van der Waals surface area (Å²) in [7, 11) is 1.69. The third kappa shape index (κ3) is 3.44. The normalized spacial score (nSPS) is 19.4. The Balaban J connectivity index is 1.94. The van der Waals surface area contributed by atoms with Crippen molar-refractivity contribution in [2.75, 3.05) is 20.3 Å². The molecule has 0 heterocycles. The topological polar surface area (TPSA) is 61.5 Å². The van der Waals surface area contributed by atoms with E-state index in [0.717, 1.165) is 18.6 Å². The Morgan fingerprint density at radius 2 is 2.00 bits per heavy atom. The highest BCUT2D eigenvalue weighted by atomic mass is 16.5. The van der Waals surface area contributed by atoms with Gasteiger partial charge in [-0.1, -0.05) is 36.4 Å². The molecule has 2 unspecified atom stereocenters. The molecule has 2 aromatic carbocycles. The summed E-state index contributed by atoms with van der Waals surface area (Å²) in [6, 6.07) is 16.7. The molecule has 1 aliphatic rings. The summed E-state index contributed by atoms with van der Waals surface area (Å²) in [6.45, 7) is 0.331. The van der Waals surface area contributed by atoms with Crippen LogP contribution in [-0.2, 0) is 16.0 Å². The van der Waals surface area contributed by atoms with Gasteiger partial charge in [-0.25, -0.2) is 0 Å². The summed E-state index contributed by atoms with van der Waals surface area (Å²) in [5, 5.41) is 0. The van der Waals surface area contributed by atoms with Crippen LogP contribution in [0.1, 0.15) is 29.0 Å². The fourth-order valence-electron chi connectivity index (χ4n) is 3.54. The van der Waals surface area contributed by atoms with Crippen LogP contribution in [0.15, 0.2) is 48.5 Å². The van der Waals surface area contributed by atoms with Crippen LogP contribution in [0.25, 0.3) is 0 Å². The van der Waals surface area contributed by atoms with Gasteiger partial charge in [-0.3, -0.25) is 4.79 Å². The minimum atomic E-state index is -0.345. The predicted molar refractivity (Wildman–Crippen MR) is 93.1 cm³/mol. The smallest absolute Gasteiger partial charge is 0.319 e. The SMILES string of the molecule is COc1ccc2c(c1)CCC(COC(=O)CN)C2c1ccccc1. The summed E-state index contributed by atoms with van der Waals surface area (Å²) in [5.41, 5.74) is 9.20. The first-order valence-electron chi connectivity index (χ1n) is 8.30. The molecule has 1 aliphatic carbocycles. The molecule has 0 fully saturated rings. The lowest BCUT2D eigenvalue weighted by Gasteiger charge is -2.34. The predicted octanol–water partition coefficient (Wildman–Crippen LogP) is 2.89.